The molecule has 3 rings (SSSR count). The molecular weight excluding hydrogens is 296 g/mol. The predicted octanol–water partition coefficient (Wildman–Crippen LogP) is 2.33. The normalized spacial score (nSPS) is 24.4. The summed E-state index contributed by atoms with van der Waals surface area (Å²) in [7, 11) is 1.66. The summed E-state index contributed by atoms with van der Waals surface area (Å²) < 4.78 is 11.1. The number of benzene rings is 1. The fourth-order valence-corrected chi connectivity index (χ4v) is 3.19. The van der Waals surface area contributed by atoms with Gasteiger partial charge in [-0.2, -0.15) is 0 Å². The molecule has 1 N–H and O–H groups in total. The number of hydrogen-bond acceptors (Lipinski definition) is 4. The summed E-state index contributed by atoms with van der Waals surface area (Å²) in [6.45, 7) is 1.22. The first kappa shape index (κ1) is 15.8. The minimum atomic E-state index is -0.361. The van der Waals surface area contributed by atoms with Crippen LogP contribution in [0, 0.1) is 0 Å². The SMILES string of the molecule is CO[C@@H]1CCCC[C@@H]1OC(=O)c1cccc(N2CCNC2=O)c1. The Morgan fingerprint density at radius 3 is 2.74 bits per heavy atom. The lowest BCUT2D eigenvalue weighted by Gasteiger charge is -2.30. The van der Waals surface area contributed by atoms with Crippen LogP contribution >= 0.6 is 0 Å². The number of anilines is 1. The molecule has 0 spiro atoms. The Morgan fingerprint density at radius 2 is 2.04 bits per heavy atom. The number of nitrogens with zero attached hydrogens (tertiary/aromatic N) is 1. The van der Waals surface area contributed by atoms with Crippen molar-refractivity contribution >= 4 is 17.7 Å². The van der Waals surface area contributed by atoms with Gasteiger partial charge in [0.05, 0.1) is 11.7 Å². The molecule has 23 heavy (non-hydrogen) atoms. The molecule has 0 radical (unpaired) electrons. The van der Waals surface area contributed by atoms with Gasteiger partial charge >= 0.3 is 12.0 Å². The van der Waals surface area contributed by atoms with Gasteiger partial charge in [0.2, 0.25) is 0 Å². The Kier molecular flexibility index (Phi) is 4.81. The average molecular weight is 318 g/mol. The van der Waals surface area contributed by atoms with Crippen molar-refractivity contribution in [3.63, 3.8) is 0 Å². The second-order valence-corrected chi connectivity index (χ2v) is 5.94. The van der Waals surface area contributed by atoms with Crippen molar-refractivity contribution in [3.8, 4) is 0 Å². The van der Waals surface area contributed by atoms with Crippen LogP contribution in [0.15, 0.2) is 24.3 Å². The van der Waals surface area contributed by atoms with Crippen molar-refractivity contribution in [2.75, 3.05) is 25.1 Å². The summed E-state index contributed by atoms with van der Waals surface area (Å²) in [6.07, 6.45) is 3.68. The van der Waals surface area contributed by atoms with Gasteiger partial charge in [0.15, 0.2) is 0 Å². The Hall–Kier alpha value is -2.08. The monoisotopic (exact) mass is 318 g/mol. The third-order valence-electron chi connectivity index (χ3n) is 4.45. The Morgan fingerprint density at radius 1 is 1.26 bits per heavy atom. The first-order valence-corrected chi connectivity index (χ1v) is 8.08. The molecule has 0 aromatic heterocycles. The molecule has 1 saturated heterocycles. The van der Waals surface area contributed by atoms with E-state index < -0.39 is 0 Å². The van der Waals surface area contributed by atoms with Gasteiger partial charge in [-0.3, -0.25) is 4.90 Å². The number of methoxy groups -OCH3 is 1. The van der Waals surface area contributed by atoms with Crippen LogP contribution in [0.5, 0.6) is 0 Å². The van der Waals surface area contributed by atoms with E-state index in [-0.39, 0.29) is 24.2 Å². The zero-order valence-corrected chi connectivity index (χ0v) is 13.3. The molecule has 1 saturated carbocycles. The van der Waals surface area contributed by atoms with Crippen LogP contribution in [-0.4, -0.2) is 44.4 Å². The van der Waals surface area contributed by atoms with Gasteiger partial charge in [0.1, 0.15) is 6.10 Å². The van der Waals surface area contributed by atoms with Crippen molar-refractivity contribution in [2.45, 2.75) is 37.9 Å². The highest BCUT2D eigenvalue weighted by Gasteiger charge is 2.29. The van der Waals surface area contributed by atoms with Gasteiger partial charge in [-0.1, -0.05) is 12.5 Å². The maximum absolute atomic E-state index is 12.4. The number of ether oxygens (including phenoxy) is 2. The summed E-state index contributed by atoms with van der Waals surface area (Å²) in [5.41, 5.74) is 1.17. The van der Waals surface area contributed by atoms with Gasteiger partial charge < -0.3 is 14.8 Å². The zero-order chi connectivity index (χ0) is 16.2. The van der Waals surface area contributed by atoms with E-state index in [0.29, 0.717) is 24.3 Å². The van der Waals surface area contributed by atoms with Gasteiger partial charge in [-0.25, -0.2) is 9.59 Å². The van der Waals surface area contributed by atoms with Gasteiger partial charge in [-0.05, 0) is 37.5 Å². The molecular formula is C17H22N2O4. The summed E-state index contributed by atoms with van der Waals surface area (Å²) in [5, 5.41) is 2.75. The summed E-state index contributed by atoms with van der Waals surface area (Å²) in [5.74, 6) is -0.361. The number of carbonyl (C=O) groups excluding carboxylic acids is 2. The number of hydrogen-bond donors (Lipinski definition) is 1. The van der Waals surface area contributed by atoms with Crippen LogP contribution in [-0.2, 0) is 9.47 Å². The van der Waals surface area contributed by atoms with Crippen LogP contribution < -0.4 is 10.2 Å². The maximum atomic E-state index is 12.4. The first-order valence-electron chi connectivity index (χ1n) is 8.08. The average Bonchev–Trinajstić information content (AvgIpc) is 3.01. The maximum Gasteiger partial charge on any atom is 0.338 e. The highest BCUT2D eigenvalue weighted by Crippen LogP contribution is 2.25. The Balaban J connectivity index is 1.71. The smallest absolute Gasteiger partial charge is 0.338 e. The number of esters is 1. The lowest BCUT2D eigenvalue weighted by atomic mass is 9.94. The van der Waals surface area contributed by atoms with Crippen molar-refractivity contribution < 1.29 is 19.1 Å². The van der Waals surface area contributed by atoms with Crippen LogP contribution in [0.1, 0.15) is 36.0 Å². The van der Waals surface area contributed by atoms with E-state index in [9.17, 15) is 9.59 Å². The van der Waals surface area contributed by atoms with Crippen molar-refractivity contribution in [1.29, 1.82) is 0 Å². The quantitative estimate of drug-likeness (QED) is 0.865. The molecule has 1 aliphatic heterocycles. The lowest BCUT2D eigenvalue weighted by Crippen LogP contribution is -2.35. The molecule has 2 fully saturated rings. The second kappa shape index (κ2) is 7.00. The largest absolute Gasteiger partial charge is 0.456 e. The lowest BCUT2D eigenvalue weighted by molar-refractivity contribution is -0.0539. The standard InChI is InChI=1S/C17H22N2O4/c1-22-14-7-2-3-8-15(14)23-16(20)12-5-4-6-13(11-12)19-10-9-18-17(19)21/h4-6,11,14-15H,2-3,7-10H2,1H3,(H,18,21)/t14-,15+/m1/s1. The van der Waals surface area contributed by atoms with E-state index in [4.69, 9.17) is 9.47 Å². The topological polar surface area (TPSA) is 67.9 Å². The molecule has 6 heteroatoms. The molecule has 1 aromatic rings. The summed E-state index contributed by atoms with van der Waals surface area (Å²) in [6, 6.07) is 6.87. The number of urea groups is 1. The Bertz CT molecular complexity index is 590. The Labute approximate surface area is 135 Å². The van der Waals surface area contributed by atoms with E-state index in [1.54, 1.807) is 30.2 Å². The van der Waals surface area contributed by atoms with Crippen LogP contribution in [0.25, 0.3) is 0 Å². The number of rotatable bonds is 4. The number of nitrogens with one attached hydrogen (secondary N) is 1. The van der Waals surface area contributed by atoms with Gasteiger partial charge in [-0.15, -0.1) is 0 Å². The van der Waals surface area contributed by atoms with E-state index in [1.165, 1.54) is 0 Å². The second-order valence-electron chi connectivity index (χ2n) is 5.94. The van der Waals surface area contributed by atoms with Crippen LogP contribution in [0.2, 0.25) is 0 Å². The van der Waals surface area contributed by atoms with Crippen molar-refractivity contribution in [2.24, 2.45) is 0 Å². The molecule has 0 unspecified atom stereocenters. The highest BCUT2D eigenvalue weighted by molar-refractivity contribution is 5.96. The molecule has 2 atom stereocenters. The predicted molar refractivity (Wildman–Crippen MR) is 85.7 cm³/mol. The highest BCUT2D eigenvalue weighted by atomic mass is 16.6. The minimum absolute atomic E-state index is 0.0276. The van der Waals surface area contributed by atoms with E-state index in [2.05, 4.69) is 5.32 Å². The van der Waals surface area contributed by atoms with Crippen molar-refractivity contribution in [1.82, 2.24) is 5.32 Å². The summed E-state index contributed by atoms with van der Waals surface area (Å²) >= 11 is 0. The minimum Gasteiger partial charge on any atom is -0.456 e. The first-order chi connectivity index (χ1) is 11.2. The fraction of sp³-hybridized carbons (Fsp3) is 0.529. The zero-order valence-electron chi connectivity index (χ0n) is 13.3. The van der Waals surface area contributed by atoms with E-state index >= 15 is 0 Å². The molecule has 1 aliphatic carbocycles. The van der Waals surface area contributed by atoms with Crippen LogP contribution in [0.4, 0.5) is 10.5 Å². The van der Waals surface area contributed by atoms with Gasteiger partial charge in [0, 0.05) is 25.9 Å². The van der Waals surface area contributed by atoms with E-state index in [0.717, 1.165) is 25.7 Å². The van der Waals surface area contributed by atoms with Gasteiger partial charge in [0.25, 0.3) is 0 Å². The van der Waals surface area contributed by atoms with Crippen LogP contribution in [0.3, 0.4) is 0 Å². The molecule has 0 bridgehead atoms. The number of carbonyl (C=O) groups is 2. The fourth-order valence-electron chi connectivity index (χ4n) is 3.19. The molecule has 1 heterocycles. The molecule has 2 aliphatic rings. The molecule has 124 valence electrons. The van der Waals surface area contributed by atoms with E-state index in [1.807, 2.05) is 6.07 Å². The number of amides is 2. The molecule has 1 aromatic carbocycles. The summed E-state index contributed by atoms with van der Waals surface area (Å²) in [4.78, 5) is 25.8. The molecule has 6 nitrogen and oxygen atoms in total. The van der Waals surface area contributed by atoms with Crippen molar-refractivity contribution in [3.05, 3.63) is 29.8 Å². The third-order valence-corrected chi connectivity index (χ3v) is 4.45. The third kappa shape index (κ3) is 3.47. The molecule has 2 amide bonds.